The molecule has 2 aromatic carbocycles. The fourth-order valence-electron chi connectivity index (χ4n) is 2.96. The number of benzene rings is 2. The summed E-state index contributed by atoms with van der Waals surface area (Å²) in [7, 11) is -3.65. The monoisotopic (exact) mass is 400 g/mol. The SMILES string of the molecule is Cc1ccc(C(C)(C)C)cc1S(=O)(=O)NCc1cccc(NC(=O)C2CC2)c1. The molecule has 0 unspecified atom stereocenters. The summed E-state index contributed by atoms with van der Waals surface area (Å²) in [4.78, 5) is 12.2. The third-order valence-electron chi connectivity index (χ3n) is 4.95. The van der Waals surface area contributed by atoms with Crippen molar-refractivity contribution >= 4 is 21.6 Å². The molecule has 2 N–H and O–H groups in total. The van der Waals surface area contributed by atoms with Crippen molar-refractivity contribution in [1.29, 1.82) is 0 Å². The van der Waals surface area contributed by atoms with Crippen molar-refractivity contribution in [2.45, 2.75) is 57.4 Å². The molecule has 0 heterocycles. The molecular formula is C22H28N2O3S. The Labute approximate surface area is 167 Å². The minimum Gasteiger partial charge on any atom is -0.326 e. The van der Waals surface area contributed by atoms with Gasteiger partial charge in [0.1, 0.15) is 0 Å². The molecular weight excluding hydrogens is 372 g/mol. The van der Waals surface area contributed by atoms with E-state index in [1.165, 1.54) is 0 Å². The number of anilines is 1. The molecule has 0 bridgehead atoms. The molecule has 1 saturated carbocycles. The quantitative estimate of drug-likeness (QED) is 0.766. The Hall–Kier alpha value is -2.18. The molecule has 28 heavy (non-hydrogen) atoms. The number of carbonyl (C=O) groups is 1. The van der Waals surface area contributed by atoms with Gasteiger partial charge in [0.15, 0.2) is 0 Å². The Morgan fingerprint density at radius 3 is 2.46 bits per heavy atom. The third kappa shape index (κ3) is 5.00. The smallest absolute Gasteiger partial charge is 0.241 e. The van der Waals surface area contributed by atoms with Gasteiger partial charge < -0.3 is 5.32 Å². The van der Waals surface area contributed by atoms with Crippen LogP contribution in [0.1, 0.15) is 50.3 Å². The lowest BCUT2D eigenvalue weighted by Crippen LogP contribution is -2.25. The van der Waals surface area contributed by atoms with Crippen LogP contribution in [0.25, 0.3) is 0 Å². The number of hydrogen-bond donors (Lipinski definition) is 2. The van der Waals surface area contributed by atoms with Crippen LogP contribution in [0.4, 0.5) is 5.69 Å². The topological polar surface area (TPSA) is 75.3 Å². The van der Waals surface area contributed by atoms with Crippen molar-refractivity contribution in [3.63, 3.8) is 0 Å². The van der Waals surface area contributed by atoms with Gasteiger partial charge in [-0.1, -0.05) is 45.0 Å². The Morgan fingerprint density at radius 1 is 1.11 bits per heavy atom. The normalized spacial score (nSPS) is 14.7. The largest absolute Gasteiger partial charge is 0.326 e. The van der Waals surface area contributed by atoms with Gasteiger partial charge in [0.25, 0.3) is 0 Å². The van der Waals surface area contributed by atoms with Gasteiger partial charge in [0.05, 0.1) is 4.90 Å². The summed E-state index contributed by atoms with van der Waals surface area (Å²) < 4.78 is 28.5. The average Bonchev–Trinajstić information content (AvgIpc) is 3.45. The lowest BCUT2D eigenvalue weighted by Gasteiger charge is -2.21. The number of amides is 1. The first kappa shape index (κ1) is 20.6. The molecule has 3 rings (SSSR count). The van der Waals surface area contributed by atoms with E-state index in [0.29, 0.717) is 16.1 Å². The maximum atomic E-state index is 12.9. The second-order valence-corrected chi connectivity index (χ2v) is 10.3. The molecule has 0 spiro atoms. The molecule has 150 valence electrons. The zero-order valence-electron chi connectivity index (χ0n) is 16.9. The summed E-state index contributed by atoms with van der Waals surface area (Å²) in [6, 6.07) is 12.9. The third-order valence-corrected chi connectivity index (χ3v) is 6.50. The molecule has 0 aliphatic heterocycles. The second-order valence-electron chi connectivity index (χ2n) is 8.52. The molecule has 0 radical (unpaired) electrons. The van der Waals surface area contributed by atoms with Crippen LogP contribution in [0.3, 0.4) is 0 Å². The standard InChI is InChI=1S/C22H28N2O3S/c1-15-8-11-18(22(2,3)4)13-20(15)28(26,27)23-14-16-6-5-7-19(12-16)24-21(25)17-9-10-17/h5-8,11-13,17,23H,9-10,14H2,1-4H3,(H,24,25). The van der Waals surface area contributed by atoms with E-state index in [9.17, 15) is 13.2 Å². The number of rotatable bonds is 6. The Balaban J connectivity index is 1.74. The van der Waals surface area contributed by atoms with Gasteiger partial charge in [-0.05, 0) is 60.1 Å². The van der Waals surface area contributed by atoms with Crippen LogP contribution in [-0.2, 0) is 26.8 Å². The van der Waals surface area contributed by atoms with Gasteiger partial charge in [-0.25, -0.2) is 13.1 Å². The molecule has 0 saturated heterocycles. The zero-order chi connectivity index (χ0) is 20.5. The molecule has 0 aromatic heterocycles. The second kappa shape index (κ2) is 7.68. The molecule has 6 heteroatoms. The lowest BCUT2D eigenvalue weighted by molar-refractivity contribution is -0.117. The van der Waals surface area contributed by atoms with Gasteiger partial charge in [0, 0.05) is 18.2 Å². The first-order chi connectivity index (χ1) is 13.1. The van der Waals surface area contributed by atoms with Gasteiger partial charge in [0.2, 0.25) is 15.9 Å². The van der Waals surface area contributed by atoms with Crippen molar-refractivity contribution < 1.29 is 13.2 Å². The minimum absolute atomic E-state index is 0.0346. The Morgan fingerprint density at radius 2 is 1.82 bits per heavy atom. The number of carbonyl (C=O) groups excluding carboxylic acids is 1. The highest BCUT2D eigenvalue weighted by molar-refractivity contribution is 7.89. The van der Waals surface area contributed by atoms with Crippen LogP contribution >= 0.6 is 0 Å². The first-order valence-corrected chi connectivity index (χ1v) is 11.1. The summed E-state index contributed by atoms with van der Waals surface area (Å²) in [5.41, 5.74) is 3.04. The van der Waals surface area contributed by atoms with Crippen molar-refractivity contribution in [3.05, 3.63) is 59.2 Å². The highest BCUT2D eigenvalue weighted by atomic mass is 32.2. The highest BCUT2D eigenvalue weighted by Gasteiger charge is 2.29. The Bertz CT molecular complexity index is 987. The van der Waals surface area contributed by atoms with Gasteiger partial charge >= 0.3 is 0 Å². The summed E-state index contributed by atoms with van der Waals surface area (Å²) in [6.07, 6.45) is 1.89. The van der Waals surface area contributed by atoms with E-state index in [-0.39, 0.29) is 23.8 Å². The molecule has 1 fully saturated rings. The van der Waals surface area contributed by atoms with Crippen LogP contribution in [0.15, 0.2) is 47.4 Å². The molecule has 1 aliphatic carbocycles. The predicted octanol–water partition coefficient (Wildman–Crippen LogP) is 4.12. The number of sulfonamides is 1. The van der Waals surface area contributed by atoms with Crippen LogP contribution in [0.2, 0.25) is 0 Å². The van der Waals surface area contributed by atoms with Crippen molar-refractivity contribution in [1.82, 2.24) is 4.72 Å². The average molecular weight is 401 g/mol. The van der Waals surface area contributed by atoms with Gasteiger partial charge in [-0.15, -0.1) is 0 Å². The van der Waals surface area contributed by atoms with E-state index in [4.69, 9.17) is 0 Å². The molecule has 1 amide bonds. The van der Waals surface area contributed by atoms with Crippen LogP contribution < -0.4 is 10.0 Å². The predicted molar refractivity (Wildman–Crippen MR) is 112 cm³/mol. The van der Waals surface area contributed by atoms with Crippen molar-refractivity contribution in [2.75, 3.05) is 5.32 Å². The van der Waals surface area contributed by atoms with E-state index in [2.05, 4.69) is 30.8 Å². The van der Waals surface area contributed by atoms with E-state index in [1.54, 1.807) is 19.1 Å². The molecule has 2 aromatic rings. The minimum atomic E-state index is -3.65. The maximum absolute atomic E-state index is 12.9. The highest BCUT2D eigenvalue weighted by Crippen LogP contribution is 2.30. The lowest BCUT2D eigenvalue weighted by atomic mass is 9.87. The molecule has 5 nitrogen and oxygen atoms in total. The van der Waals surface area contributed by atoms with Crippen molar-refractivity contribution in [2.24, 2.45) is 5.92 Å². The zero-order valence-corrected chi connectivity index (χ0v) is 17.7. The molecule has 0 atom stereocenters. The number of aryl methyl sites for hydroxylation is 1. The van der Waals surface area contributed by atoms with Crippen LogP contribution in [0.5, 0.6) is 0 Å². The summed E-state index contributed by atoms with van der Waals surface area (Å²) in [5, 5.41) is 2.89. The summed E-state index contributed by atoms with van der Waals surface area (Å²) >= 11 is 0. The van der Waals surface area contributed by atoms with Gasteiger partial charge in [-0.3, -0.25) is 4.79 Å². The number of hydrogen-bond acceptors (Lipinski definition) is 3. The van der Waals surface area contributed by atoms with E-state index in [0.717, 1.165) is 24.0 Å². The summed E-state index contributed by atoms with van der Waals surface area (Å²) in [6.45, 7) is 8.14. The maximum Gasteiger partial charge on any atom is 0.241 e. The van der Waals surface area contributed by atoms with Crippen LogP contribution in [-0.4, -0.2) is 14.3 Å². The number of nitrogens with one attached hydrogen (secondary N) is 2. The van der Waals surface area contributed by atoms with E-state index < -0.39 is 10.0 Å². The Kier molecular flexibility index (Phi) is 5.64. The van der Waals surface area contributed by atoms with E-state index in [1.807, 2.05) is 30.3 Å². The molecule has 1 aliphatic rings. The van der Waals surface area contributed by atoms with Crippen LogP contribution in [0, 0.1) is 12.8 Å². The fourth-order valence-corrected chi connectivity index (χ4v) is 4.25. The summed E-state index contributed by atoms with van der Waals surface area (Å²) in [5.74, 6) is 0.160. The van der Waals surface area contributed by atoms with Gasteiger partial charge in [-0.2, -0.15) is 0 Å². The fraction of sp³-hybridized carbons (Fsp3) is 0.409. The first-order valence-electron chi connectivity index (χ1n) is 9.57. The van der Waals surface area contributed by atoms with E-state index >= 15 is 0 Å². The van der Waals surface area contributed by atoms with Crippen molar-refractivity contribution in [3.8, 4) is 0 Å².